The number of rotatable bonds is 2. The van der Waals surface area contributed by atoms with Crippen molar-refractivity contribution < 1.29 is 13.2 Å². The van der Waals surface area contributed by atoms with Crippen LogP contribution in [-0.4, -0.2) is 29.9 Å². The molecule has 0 atom stereocenters. The SMILES string of the molecule is CS(=O)(=O)n1ccc2nc(C=O)ccc21. The van der Waals surface area contributed by atoms with Crippen LogP contribution in [0, 0.1) is 0 Å². The summed E-state index contributed by atoms with van der Waals surface area (Å²) in [6.07, 6.45) is 3.15. The minimum atomic E-state index is -3.32. The normalized spacial score (nSPS) is 11.8. The second-order valence-electron chi connectivity index (χ2n) is 3.13. The number of hydrogen-bond donors (Lipinski definition) is 0. The smallest absolute Gasteiger partial charge is 0.236 e. The van der Waals surface area contributed by atoms with Crippen molar-refractivity contribution in [3.63, 3.8) is 0 Å². The summed E-state index contributed by atoms with van der Waals surface area (Å²) in [6.45, 7) is 0. The van der Waals surface area contributed by atoms with Gasteiger partial charge in [-0.1, -0.05) is 0 Å². The maximum Gasteiger partial charge on any atom is 0.236 e. The Bertz CT molecular complexity index is 628. The zero-order valence-corrected chi connectivity index (χ0v) is 8.73. The van der Waals surface area contributed by atoms with E-state index in [0.29, 0.717) is 17.3 Å². The molecule has 0 spiro atoms. The van der Waals surface area contributed by atoms with Crippen LogP contribution in [0.2, 0.25) is 0 Å². The molecule has 0 N–H and O–H groups in total. The van der Waals surface area contributed by atoms with Crippen molar-refractivity contribution >= 4 is 27.3 Å². The molecular formula is C9H8N2O3S. The third kappa shape index (κ3) is 1.63. The highest BCUT2D eigenvalue weighted by Crippen LogP contribution is 2.15. The van der Waals surface area contributed by atoms with E-state index in [1.165, 1.54) is 12.3 Å². The molecule has 2 aromatic heterocycles. The molecule has 0 amide bonds. The van der Waals surface area contributed by atoms with E-state index in [1.807, 2.05) is 0 Å². The van der Waals surface area contributed by atoms with Gasteiger partial charge in [0.2, 0.25) is 10.0 Å². The van der Waals surface area contributed by atoms with Gasteiger partial charge in [-0.25, -0.2) is 17.4 Å². The average Bonchev–Trinajstić information content (AvgIpc) is 2.59. The van der Waals surface area contributed by atoms with Crippen molar-refractivity contribution in [2.75, 3.05) is 6.26 Å². The first-order valence-electron chi connectivity index (χ1n) is 4.16. The monoisotopic (exact) mass is 224 g/mol. The molecule has 0 fully saturated rings. The van der Waals surface area contributed by atoms with Crippen LogP contribution in [-0.2, 0) is 10.0 Å². The van der Waals surface area contributed by atoms with Crippen LogP contribution in [0.4, 0.5) is 0 Å². The lowest BCUT2D eigenvalue weighted by molar-refractivity contribution is 0.111. The lowest BCUT2D eigenvalue weighted by atomic mass is 10.3. The van der Waals surface area contributed by atoms with Gasteiger partial charge >= 0.3 is 0 Å². The molecule has 6 heteroatoms. The van der Waals surface area contributed by atoms with Crippen molar-refractivity contribution in [3.05, 3.63) is 30.1 Å². The van der Waals surface area contributed by atoms with Gasteiger partial charge in [0, 0.05) is 6.20 Å². The molecule has 0 saturated carbocycles. The number of carbonyl (C=O) groups excluding carboxylic acids is 1. The van der Waals surface area contributed by atoms with E-state index < -0.39 is 10.0 Å². The Kier molecular flexibility index (Phi) is 2.08. The van der Waals surface area contributed by atoms with Crippen LogP contribution in [0.15, 0.2) is 24.4 Å². The van der Waals surface area contributed by atoms with Crippen LogP contribution >= 0.6 is 0 Å². The molecule has 0 aliphatic heterocycles. The Morgan fingerprint density at radius 2 is 2.07 bits per heavy atom. The molecular weight excluding hydrogens is 216 g/mol. The largest absolute Gasteiger partial charge is 0.296 e. The molecule has 15 heavy (non-hydrogen) atoms. The second kappa shape index (κ2) is 3.16. The summed E-state index contributed by atoms with van der Waals surface area (Å²) in [5, 5.41) is 0. The molecule has 0 bridgehead atoms. The first kappa shape index (κ1) is 9.85. The van der Waals surface area contributed by atoms with Crippen molar-refractivity contribution in [2.45, 2.75) is 0 Å². The van der Waals surface area contributed by atoms with Gasteiger partial charge in [0.1, 0.15) is 5.69 Å². The first-order chi connectivity index (χ1) is 7.02. The fraction of sp³-hybridized carbons (Fsp3) is 0.111. The lowest BCUT2D eigenvalue weighted by Gasteiger charge is -2.00. The van der Waals surface area contributed by atoms with Crippen molar-refractivity contribution in [1.82, 2.24) is 8.96 Å². The summed E-state index contributed by atoms with van der Waals surface area (Å²) in [6, 6.07) is 4.60. The predicted octanol–water partition coefficient (Wildman–Crippen LogP) is 0.656. The summed E-state index contributed by atoms with van der Waals surface area (Å²) < 4.78 is 23.8. The minimum absolute atomic E-state index is 0.286. The number of pyridine rings is 1. The van der Waals surface area contributed by atoms with Crippen LogP contribution in [0.1, 0.15) is 10.5 Å². The summed E-state index contributed by atoms with van der Waals surface area (Å²) in [5.74, 6) is 0. The lowest BCUT2D eigenvalue weighted by Crippen LogP contribution is -2.08. The molecule has 0 aromatic carbocycles. The molecule has 0 saturated heterocycles. The minimum Gasteiger partial charge on any atom is -0.296 e. The van der Waals surface area contributed by atoms with E-state index >= 15 is 0 Å². The maximum absolute atomic E-state index is 11.3. The van der Waals surface area contributed by atoms with Gasteiger partial charge in [0.25, 0.3) is 0 Å². The number of hydrogen-bond acceptors (Lipinski definition) is 4. The van der Waals surface area contributed by atoms with Gasteiger partial charge in [-0.15, -0.1) is 0 Å². The second-order valence-corrected chi connectivity index (χ2v) is 4.99. The van der Waals surface area contributed by atoms with E-state index in [9.17, 15) is 13.2 Å². The summed E-state index contributed by atoms with van der Waals surface area (Å²) in [7, 11) is -3.32. The zero-order valence-electron chi connectivity index (χ0n) is 7.91. The molecule has 0 aliphatic rings. The molecule has 2 aromatic rings. The standard InChI is InChI=1S/C9H8N2O3S/c1-15(13,14)11-5-4-8-9(11)3-2-7(6-12)10-8/h2-6H,1H3. The number of fused-ring (bicyclic) bond motifs is 1. The van der Waals surface area contributed by atoms with Gasteiger partial charge in [0.15, 0.2) is 6.29 Å². The van der Waals surface area contributed by atoms with E-state index in [1.54, 1.807) is 12.1 Å². The van der Waals surface area contributed by atoms with Crippen LogP contribution in [0.5, 0.6) is 0 Å². The highest BCUT2D eigenvalue weighted by molar-refractivity contribution is 7.89. The zero-order chi connectivity index (χ0) is 11.1. The molecule has 78 valence electrons. The fourth-order valence-corrected chi connectivity index (χ4v) is 2.16. The van der Waals surface area contributed by atoms with E-state index in [-0.39, 0.29) is 5.69 Å². The van der Waals surface area contributed by atoms with Gasteiger partial charge in [-0.3, -0.25) is 4.79 Å². The van der Waals surface area contributed by atoms with E-state index in [2.05, 4.69) is 4.98 Å². The third-order valence-corrected chi connectivity index (χ3v) is 3.04. The number of nitrogens with zero attached hydrogens (tertiary/aromatic N) is 2. The Morgan fingerprint density at radius 3 is 2.67 bits per heavy atom. The molecule has 2 rings (SSSR count). The van der Waals surface area contributed by atoms with Crippen molar-refractivity contribution in [2.24, 2.45) is 0 Å². The quantitative estimate of drug-likeness (QED) is 0.702. The first-order valence-corrected chi connectivity index (χ1v) is 6.01. The summed E-state index contributed by atoms with van der Waals surface area (Å²) >= 11 is 0. The number of carbonyl (C=O) groups is 1. The predicted molar refractivity (Wildman–Crippen MR) is 55.4 cm³/mol. The number of aldehydes is 1. The van der Waals surface area contributed by atoms with Crippen molar-refractivity contribution in [1.29, 1.82) is 0 Å². The van der Waals surface area contributed by atoms with Crippen LogP contribution in [0.25, 0.3) is 11.0 Å². The van der Waals surface area contributed by atoms with Crippen LogP contribution in [0.3, 0.4) is 0 Å². The fourth-order valence-electron chi connectivity index (χ4n) is 1.37. The topological polar surface area (TPSA) is 69.0 Å². The van der Waals surface area contributed by atoms with E-state index in [0.717, 1.165) is 10.2 Å². The Hall–Kier alpha value is -1.69. The Labute approximate surface area is 86.4 Å². The molecule has 0 radical (unpaired) electrons. The molecule has 2 heterocycles. The molecule has 0 aliphatic carbocycles. The van der Waals surface area contributed by atoms with Crippen LogP contribution < -0.4 is 0 Å². The Morgan fingerprint density at radius 1 is 1.33 bits per heavy atom. The van der Waals surface area contributed by atoms with Gasteiger partial charge in [-0.05, 0) is 18.2 Å². The summed E-state index contributed by atoms with van der Waals surface area (Å²) in [5.41, 5.74) is 1.25. The van der Waals surface area contributed by atoms with Gasteiger partial charge in [-0.2, -0.15) is 0 Å². The summed E-state index contributed by atoms with van der Waals surface area (Å²) in [4.78, 5) is 14.4. The van der Waals surface area contributed by atoms with Gasteiger partial charge < -0.3 is 0 Å². The van der Waals surface area contributed by atoms with E-state index in [4.69, 9.17) is 0 Å². The molecule has 0 unspecified atom stereocenters. The van der Waals surface area contributed by atoms with Crippen molar-refractivity contribution in [3.8, 4) is 0 Å². The highest BCUT2D eigenvalue weighted by Gasteiger charge is 2.10. The number of aromatic nitrogens is 2. The average molecular weight is 224 g/mol. The third-order valence-electron chi connectivity index (χ3n) is 2.01. The highest BCUT2D eigenvalue weighted by atomic mass is 32.2. The molecule has 5 nitrogen and oxygen atoms in total. The maximum atomic E-state index is 11.3. The Balaban J connectivity index is 2.78. The van der Waals surface area contributed by atoms with Gasteiger partial charge in [0.05, 0.1) is 17.3 Å².